The van der Waals surface area contributed by atoms with Gasteiger partial charge in [-0.2, -0.15) is 10.1 Å². The van der Waals surface area contributed by atoms with Crippen LogP contribution in [-0.2, 0) is 11.8 Å². The van der Waals surface area contributed by atoms with Crippen LogP contribution >= 0.6 is 0 Å². The minimum absolute atomic E-state index is 0.0305. The Balaban J connectivity index is 1.45. The molecule has 200 valence electrons. The van der Waals surface area contributed by atoms with Gasteiger partial charge in [0.15, 0.2) is 17.4 Å². The number of hydrogen-bond donors (Lipinski definition) is 2. The van der Waals surface area contributed by atoms with Crippen LogP contribution in [0.4, 0.5) is 26.2 Å². The molecule has 0 radical (unpaired) electrons. The molecular formula is C26H25F2N9O2. The summed E-state index contributed by atoms with van der Waals surface area (Å²) in [7, 11) is 1.79. The van der Waals surface area contributed by atoms with Crippen molar-refractivity contribution in [3.63, 3.8) is 0 Å². The van der Waals surface area contributed by atoms with Crippen LogP contribution in [0.2, 0.25) is 0 Å². The Kier molecular flexibility index (Phi) is 7.12. The number of benzene rings is 1. The van der Waals surface area contributed by atoms with Crippen molar-refractivity contribution in [3.8, 4) is 22.9 Å². The fourth-order valence-corrected chi connectivity index (χ4v) is 4.15. The van der Waals surface area contributed by atoms with Crippen LogP contribution in [0.3, 0.4) is 0 Å². The molecule has 2 N–H and O–H groups in total. The summed E-state index contributed by atoms with van der Waals surface area (Å²) in [5.41, 5.74) is 2.45. The van der Waals surface area contributed by atoms with Gasteiger partial charge in [-0.3, -0.25) is 9.48 Å². The summed E-state index contributed by atoms with van der Waals surface area (Å²) in [4.78, 5) is 31.0. The normalized spacial score (nSPS) is 14.8. The first-order chi connectivity index (χ1) is 18.7. The van der Waals surface area contributed by atoms with Crippen LogP contribution in [0.1, 0.15) is 12.1 Å². The number of aryl methyl sites for hydroxylation is 2. The Labute approximate surface area is 222 Å². The highest BCUT2D eigenvalue weighted by atomic mass is 19.1. The lowest BCUT2D eigenvalue weighted by Gasteiger charge is -2.22. The number of nitrogens with one attached hydrogen (secondary N) is 2. The Morgan fingerprint density at radius 3 is 2.77 bits per heavy atom. The maximum atomic E-state index is 15.1. The maximum absolute atomic E-state index is 15.1. The van der Waals surface area contributed by atoms with E-state index in [-0.39, 0.29) is 17.8 Å². The second-order valence-corrected chi connectivity index (χ2v) is 9.00. The smallest absolute Gasteiger partial charge is 0.322 e. The first-order valence-electron chi connectivity index (χ1n) is 12.1. The summed E-state index contributed by atoms with van der Waals surface area (Å²) in [6.07, 6.45) is 7.09. The van der Waals surface area contributed by atoms with E-state index in [9.17, 15) is 9.18 Å². The predicted molar refractivity (Wildman–Crippen MR) is 140 cm³/mol. The number of ether oxygens (including phenoxy) is 1. The van der Waals surface area contributed by atoms with Crippen LogP contribution in [0.5, 0.6) is 11.8 Å². The van der Waals surface area contributed by atoms with Crippen LogP contribution in [-0.4, -0.2) is 54.8 Å². The van der Waals surface area contributed by atoms with Gasteiger partial charge in [0.05, 0.1) is 11.9 Å². The lowest BCUT2D eigenvalue weighted by atomic mass is 10.1. The third kappa shape index (κ3) is 5.98. The van der Waals surface area contributed by atoms with E-state index in [1.54, 1.807) is 49.4 Å². The predicted octanol–water partition coefficient (Wildman–Crippen LogP) is 3.83. The van der Waals surface area contributed by atoms with Gasteiger partial charge < -0.3 is 20.3 Å². The molecule has 3 aromatic heterocycles. The number of amides is 1. The molecule has 1 aliphatic rings. The van der Waals surface area contributed by atoms with Crippen LogP contribution in [0.25, 0.3) is 11.1 Å². The van der Waals surface area contributed by atoms with Crippen molar-refractivity contribution in [3.05, 3.63) is 73.0 Å². The van der Waals surface area contributed by atoms with E-state index in [4.69, 9.17) is 9.72 Å². The summed E-state index contributed by atoms with van der Waals surface area (Å²) in [5.74, 6) is -1.72. The number of hydrogen-bond acceptors (Lipinski definition) is 9. The molecule has 39 heavy (non-hydrogen) atoms. The largest absolute Gasteiger partial charge is 0.421 e. The number of carbonyl (C=O) groups is 1. The number of halogens is 2. The van der Waals surface area contributed by atoms with Gasteiger partial charge in [0.25, 0.3) is 5.91 Å². The van der Waals surface area contributed by atoms with E-state index in [0.29, 0.717) is 53.8 Å². The van der Waals surface area contributed by atoms with E-state index in [1.807, 2.05) is 4.90 Å². The highest BCUT2D eigenvalue weighted by molar-refractivity contribution is 5.90. The summed E-state index contributed by atoms with van der Waals surface area (Å²) >= 11 is 0. The first kappa shape index (κ1) is 25.7. The van der Waals surface area contributed by atoms with Crippen molar-refractivity contribution in [2.45, 2.75) is 19.4 Å². The second kappa shape index (κ2) is 10.8. The van der Waals surface area contributed by atoms with Gasteiger partial charge in [0.2, 0.25) is 5.95 Å². The quantitative estimate of drug-likeness (QED) is 0.325. The highest BCUT2D eigenvalue weighted by Gasteiger charge is 2.28. The Bertz CT molecular complexity index is 1540. The summed E-state index contributed by atoms with van der Waals surface area (Å²) in [6, 6.07) is 5.93. The van der Waals surface area contributed by atoms with Crippen molar-refractivity contribution < 1.29 is 18.3 Å². The minimum Gasteiger partial charge on any atom is -0.421 e. The van der Waals surface area contributed by atoms with E-state index >= 15 is 4.39 Å². The Hall–Kier alpha value is -4.94. The third-order valence-corrected chi connectivity index (χ3v) is 6.02. The van der Waals surface area contributed by atoms with Crippen LogP contribution < -0.4 is 20.3 Å². The average Bonchev–Trinajstić information content (AvgIpc) is 3.54. The molecule has 1 aromatic carbocycles. The van der Waals surface area contributed by atoms with Gasteiger partial charge in [-0.1, -0.05) is 12.6 Å². The fraction of sp³-hybridized carbons (Fsp3) is 0.231. The monoisotopic (exact) mass is 533 g/mol. The van der Waals surface area contributed by atoms with E-state index in [0.717, 1.165) is 0 Å². The zero-order valence-electron chi connectivity index (χ0n) is 21.2. The molecule has 11 nitrogen and oxygen atoms in total. The molecule has 0 aliphatic carbocycles. The van der Waals surface area contributed by atoms with Crippen molar-refractivity contribution in [2.75, 3.05) is 23.3 Å². The molecule has 4 aromatic rings. The fourth-order valence-electron chi connectivity index (χ4n) is 4.15. The third-order valence-electron chi connectivity index (χ3n) is 6.02. The van der Waals surface area contributed by atoms with Gasteiger partial charge in [0.1, 0.15) is 5.82 Å². The maximum Gasteiger partial charge on any atom is 0.322 e. The lowest BCUT2D eigenvalue weighted by Crippen LogP contribution is -2.37. The molecule has 1 aliphatic heterocycles. The highest BCUT2D eigenvalue weighted by Crippen LogP contribution is 2.35. The van der Waals surface area contributed by atoms with Gasteiger partial charge in [0, 0.05) is 56.0 Å². The SMILES string of the molecule is C=C(F)C(=O)NC1CCN(c2nc(Nc3cnn(C)c3)ncc2-c2ccc(Oc3nccc(C)n3)c(F)c2)C1. The molecule has 1 fully saturated rings. The minimum atomic E-state index is -1.05. The van der Waals surface area contributed by atoms with Gasteiger partial charge in [-0.25, -0.2) is 23.7 Å². The van der Waals surface area contributed by atoms with Crippen LogP contribution in [0, 0.1) is 12.7 Å². The van der Waals surface area contributed by atoms with Crippen molar-refractivity contribution in [2.24, 2.45) is 7.05 Å². The van der Waals surface area contributed by atoms with Gasteiger partial charge in [-0.05, 0) is 37.1 Å². The standard InChI is InChI=1S/C26H25F2N9O2/c1-15-6-8-29-26(32-15)39-22-5-4-17(10-21(22)28)20-12-30-25(34-19-11-31-36(3)13-19)35-23(20)37-9-7-18(14-37)33-24(38)16(2)27/h4-6,8,10-13,18H,2,7,9,14H2,1,3H3,(H,33,38)(H,30,34,35). The molecule has 13 heteroatoms. The molecule has 0 bridgehead atoms. The van der Waals surface area contributed by atoms with E-state index in [2.05, 4.69) is 37.3 Å². The van der Waals surface area contributed by atoms with Crippen molar-refractivity contribution in [1.82, 2.24) is 35.0 Å². The second-order valence-electron chi connectivity index (χ2n) is 9.00. The molecule has 4 heterocycles. The van der Waals surface area contributed by atoms with Crippen molar-refractivity contribution >= 4 is 23.4 Å². The topological polar surface area (TPSA) is 123 Å². The van der Waals surface area contributed by atoms with Gasteiger partial charge >= 0.3 is 6.01 Å². The van der Waals surface area contributed by atoms with E-state index < -0.39 is 17.6 Å². The molecular weight excluding hydrogens is 508 g/mol. The molecule has 1 atom stereocenters. The Morgan fingerprint density at radius 1 is 1.21 bits per heavy atom. The molecule has 5 rings (SSSR count). The molecule has 1 unspecified atom stereocenters. The number of nitrogens with zero attached hydrogens (tertiary/aromatic N) is 7. The zero-order valence-corrected chi connectivity index (χ0v) is 21.2. The number of rotatable bonds is 8. The molecule has 1 amide bonds. The first-order valence-corrected chi connectivity index (χ1v) is 12.1. The summed E-state index contributed by atoms with van der Waals surface area (Å²) in [6.45, 7) is 5.71. The zero-order chi connectivity index (χ0) is 27.5. The van der Waals surface area contributed by atoms with Crippen LogP contribution in [0.15, 0.2) is 61.5 Å². The number of carbonyl (C=O) groups excluding carboxylic acids is 1. The Morgan fingerprint density at radius 2 is 2.05 bits per heavy atom. The number of anilines is 3. The average molecular weight is 534 g/mol. The number of aromatic nitrogens is 6. The summed E-state index contributed by atoms with van der Waals surface area (Å²) < 4.78 is 35.5. The molecule has 0 saturated carbocycles. The van der Waals surface area contributed by atoms with Gasteiger partial charge in [-0.15, -0.1) is 0 Å². The summed E-state index contributed by atoms with van der Waals surface area (Å²) in [5, 5.41) is 9.86. The molecule has 0 spiro atoms. The van der Waals surface area contributed by atoms with E-state index in [1.165, 1.54) is 18.3 Å². The molecule has 1 saturated heterocycles. The lowest BCUT2D eigenvalue weighted by molar-refractivity contribution is -0.119. The van der Waals surface area contributed by atoms with Crippen molar-refractivity contribution in [1.29, 1.82) is 0 Å².